The molecule has 0 radical (unpaired) electrons. The average Bonchev–Trinajstić information content (AvgIpc) is 3.05. The lowest BCUT2D eigenvalue weighted by atomic mass is 10.1. The Labute approximate surface area is 179 Å². The highest BCUT2D eigenvalue weighted by atomic mass is 35.5. The zero-order chi connectivity index (χ0) is 21.7. The van der Waals surface area contributed by atoms with Gasteiger partial charge >= 0.3 is 5.97 Å². The van der Waals surface area contributed by atoms with Crippen LogP contribution in [0.2, 0.25) is 5.02 Å². The number of halogens is 1. The summed E-state index contributed by atoms with van der Waals surface area (Å²) in [7, 11) is 0. The van der Waals surface area contributed by atoms with Crippen LogP contribution >= 0.6 is 11.6 Å². The summed E-state index contributed by atoms with van der Waals surface area (Å²) in [6.45, 7) is 1.88. The molecule has 3 amide bonds. The van der Waals surface area contributed by atoms with Gasteiger partial charge in [0.05, 0.1) is 12.1 Å². The summed E-state index contributed by atoms with van der Waals surface area (Å²) >= 11 is 6.06. The van der Waals surface area contributed by atoms with Crippen molar-refractivity contribution in [2.45, 2.75) is 39.0 Å². The fourth-order valence-electron chi connectivity index (χ4n) is 2.98. The number of hydrogen-bond acceptors (Lipinski definition) is 5. The Bertz CT molecular complexity index is 958. The van der Waals surface area contributed by atoms with E-state index in [4.69, 9.17) is 16.3 Å². The molecule has 3 rings (SSSR count). The Balaban J connectivity index is 1.52. The van der Waals surface area contributed by atoms with Crippen molar-refractivity contribution in [2.75, 3.05) is 0 Å². The first kappa shape index (κ1) is 21.5. The van der Waals surface area contributed by atoms with Crippen molar-refractivity contribution in [3.05, 3.63) is 70.2 Å². The summed E-state index contributed by atoms with van der Waals surface area (Å²) in [5.74, 6) is -1.47. The second-order valence-electron chi connectivity index (χ2n) is 6.93. The topological polar surface area (TPSA) is 92.8 Å². The molecule has 0 spiro atoms. The predicted molar refractivity (Wildman–Crippen MR) is 109 cm³/mol. The zero-order valence-electron chi connectivity index (χ0n) is 16.4. The summed E-state index contributed by atoms with van der Waals surface area (Å²) in [5.41, 5.74) is 1.75. The number of rotatable bonds is 7. The molecule has 0 saturated carbocycles. The van der Waals surface area contributed by atoms with Crippen molar-refractivity contribution in [3.63, 3.8) is 0 Å². The van der Waals surface area contributed by atoms with Crippen LogP contribution in [0.4, 0.5) is 0 Å². The molecule has 1 aliphatic rings. The average molecular weight is 429 g/mol. The van der Waals surface area contributed by atoms with Gasteiger partial charge in [-0.2, -0.15) is 0 Å². The van der Waals surface area contributed by atoms with Crippen LogP contribution in [0.5, 0.6) is 0 Å². The molecule has 1 fully saturated rings. The standard InChI is InChI=1S/C22H21ClN2O5/c1-14(21(28)24-12-17-4-2-3-5-18(17)23)30-22(29)16-8-6-15(7-9-16)13-25-19(26)10-11-20(25)27/h2-9,14H,10-13H2,1H3,(H,24,28). The molecule has 2 aromatic rings. The van der Waals surface area contributed by atoms with E-state index in [9.17, 15) is 19.2 Å². The normalized spacial score (nSPS) is 14.5. The third-order valence-corrected chi connectivity index (χ3v) is 5.12. The van der Waals surface area contributed by atoms with Gasteiger partial charge in [-0.25, -0.2) is 4.79 Å². The van der Waals surface area contributed by atoms with Gasteiger partial charge in [0.2, 0.25) is 11.8 Å². The first-order valence-electron chi connectivity index (χ1n) is 9.49. The number of esters is 1. The number of nitrogens with one attached hydrogen (secondary N) is 1. The lowest BCUT2D eigenvalue weighted by molar-refractivity contribution is -0.139. The Kier molecular flexibility index (Phi) is 6.84. The van der Waals surface area contributed by atoms with E-state index in [2.05, 4.69) is 5.32 Å². The maximum atomic E-state index is 12.3. The van der Waals surface area contributed by atoms with E-state index in [0.29, 0.717) is 5.02 Å². The van der Waals surface area contributed by atoms with E-state index in [0.717, 1.165) is 11.1 Å². The molecule has 0 aliphatic carbocycles. The highest BCUT2D eigenvalue weighted by Crippen LogP contribution is 2.17. The van der Waals surface area contributed by atoms with Crippen molar-refractivity contribution < 1.29 is 23.9 Å². The third kappa shape index (κ3) is 5.24. The summed E-state index contributed by atoms with van der Waals surface area (Å²) in [6.07, 6.45) is -0.515. The molecule has 1 aliphatic heterocycles. The van der Waals surface area contributed by atoms with Crippen LogP contribution in [0.25, 0.3) is 0 Å². The number of benzene rings is 2. The maximum Gasteiger partial charge on any atom is 0.338 e. The van der Waals surface area contributed by atoms with Crippen LogP contribution in [-0.4, -0.2) is 34.7 Å². The molecule has 1 saturated heterocycles. The van der Waals surface area contributed by atoms with Crippen molar-refractivity contribution >= 4 is 35.3 Å². The van der Waals surface area contributed by atoms with E-state index in [1.54, 1.807) is 30.3 Å². The number of hydrogen-bond donors (Lipinski definition) is 1. The fourth-order valence-corrected chi connectivity index (χ4v) is 3.18. The fraction of sp³-hybridized carbons (Fsp3) is 0.273. The van der Waals surface area contributed by atoms with Crippen LogP contribution in [0, 0.1) is 0 Å². The number of nitrogens with zero attached hydrogens (tertiary/aromatic N) is 1. The van der Waals surface area contributed by atoms with E-state index >= 15 is 0 Å². The van der Waals surface area contributed by atoms with Crippen LogP contribution in [-0.2, 0) is 32.2 Å². The molecule has 1 unspecified atom stereocenters. The summed E-state index contributed by atoms with van der Waals surface area (Å²) in [4.78, 5) is 49.1. The zero-order valence-corrected chi connectivity index (χ0v) is 17.1. The van der Waals surface area contributed by atoms with Crippen LogP contribution in [0.15, 0.2) is 48.5 Å². The molecule has 0 aromatic heterocycles. The number of amides is 3. The Morgan fingerprint density at radius 3 is 2.33 bits per heavy atom. The molecular weight excluding hydrogens is 408 g/mol. The van der Waals surface area contributed by atoms with Gasteiger partial charge in [-0.15, -0.1) is 0 Å². The lowest BCUT2D eigenvalue weighted by Crippen LogP contribution is -2.35. The second-order valence-corrected chi connectivity index (χ2v) is 7.33. The van der Waals surface area contributed by atoms with Gasteiger partial charge in [0.25, 0.3) is 5.91 Å². The molecule has 156 valence electrons. The Morgan fingerprint density at radius 2 is 1.70 bits per heavy atom. The van der Waals surface area contributed by atoms with Crippen LogP contribution < -0.4 is 5.32 Å². The molecule has 30 heavy (non-hydrogen) atoms. The van der Waals surface area contributed by atoms with Gasteiger partial charge < -0.3 is 10.1 Å². The van der Waals surface area contributed by atoms with Gasteiger partial charge in [0.1, 0.15) is 0 Å². The summed E-state index contributed by atoms with van der Waals surface area (Å²) < 4.78 is 5.22. The van der Waals surface area contributed by atoms with E-state index in [1.165, 1.54) is 24.0 Å². The quantitative estimate of drug-likeness (QED) is 0.540. The van der Waals surface area contributed by atoms with Gasteiger partial charge in [-0.05, 0) is 36.2 Å². The molecule has 2 aromatic carbocycles. The number of likely N-dealkylation sites (tertiary alicyclic amines) is 1. The summed E-state index contributed by atoms with van der Waals surface area (Å²) in [6, 6.07) is 13.5. The molecule has 0 bridgehead atoms. The minimum atomic E-state index is -0.987. The number of carbonyl (C=O) groups is 4. The van der Waals surface area contributed by atoms with E-state index < -0.39 is 18.0 Å². The molecule has 8 heteroatoms. The van der Waals surface area contributed by atoms with Gasteiger partial charge in [0.15, 0.2) is 6.10 Å². The maximum absolute atomic E-state index is 12.3. The van der Waals surface area contributed by atoms with Crippen LogP contribution in [0.1, 0.15) is 41.3 Å². The first-order chi connectivity index (χ1) is 14.3. The summed E-state index contributed by atoms with van der Waals surface area (Å²) in [5, 5.41) is 3.23. The Hall–Kier alpha value is -3.19. The highest BCUT2D eigenvalue weighted by Gasteiger charge is 2.28. The number of ether oxygens (including phenoxy) is 1. The predicted octanol–water partition coefficient (Wildman–Crippen LogP) is 2.85. The van der Waals surface area contributed by atoms with Crippen LogP contribution in [0.3, 0.4) is 0 Å². The minimum absolute atomic E-state index is 0.174. The number of carbonyl (C=O) groups excluding carboxylic acids is 4. The minimum Gasteiger partial charge on any atom is -0.449 e. The Morgan fingerprint density at radius 1 is 1.07 bits per heavy atom. The molecular formula is C22H21ClN2O5. The SMILES string of the molecule is CC(OC(=O)c1ccc(CN2C(=O)CCC2=O)cc1)C(=O)NCc1ccccc1Cl. The smallest absolute Gasteiger partial charge is 0.338 e. The number of imide groups is 1. The molecule has 7 nitrogen and oxygen atoms in total. The van der Waals surface area contributed by atoms with Gasteiger partial charge in [-0.3, -0.25) is 19.3 Å². The highest BCUT2D eigenvalue weighted by molar-refractivity contribution is 6.31. The van der Waals surface area contributed by atoms with Gasteiger partial charge in [-0.1, -0.05) is 41.9 Å². The second kappa shape index (κ2) is 9.54. The van der Waals surface area contributed by atoms with Gasteiger partial charge in [0, 0.05) is 24.4 Å². The largest absolute Gasteiger partial charge is 0.449 e. The third-order valence-electron chi connectivity index (χ3n) is 4.75. The van der Waals surface area contributed by atoms with Crippen molar-refractivity contribution in [2.24, 2.45) is 0 Å². The molecule has 1 heterocycles. The molecule has 1 N–H and O–H groups in total. The van der Waals surface area contributed by atoms with Crippen molar-refractivity contribution in [1.29, 1.82) is 0 Å². The lowest BCUT2D eigenvalue weighted by Gasteiger charge is -2.15. The van der Waals surface area contributed by atoms with Crippen molar-refractivity contribution in [3.8, 4) is 0 Å². The first-order valence-corrected chi connectivity index (χ1v) is 9.87. The van der Waals surface area contributed by atoms with E-state index in [-0.39, 0.29) is 43.3 Å². The molecule has 1 atom stereocenters. The monoisotopic (exact) mass is 428 g/mol. The van der Waals surface area contributed by atoms with Crippen molar-refractivity contribution in [1.82, 2.24) is 10.2 Å². The van der Waals surface area contributed by atoms with E-state index in [1.807, 2.05) is 6.07 Å².